The molecule has 1 aliphatic carbocycles. The van der Waals surface area contributed by atoms with E-state index in [0.717, 1.165) is 56.4 Å². The Bertz CT molecular complexity index is 823. The number of benzene rings is 1. The summed E-state index contributed by atoms with van der Waals surface area (Å²) >= 11 is 0. The molecule has 180 valence electrons. The Morgan fingerprint density at radius 2 is 1.82 bits per heavy atom. The summed E-state index contributed by atoms with van der Waals surface area (Å²) in [6, 6.07) is 12.6. The molecule has 0 unspecified atom stereocenters. The molecule has 5 heteroatoms. The van der Waals surface area contributed by atoms with Crippen LogP contribution in [0.4, 0.5) is 0 Å². The normalized spacial score (nSPS) is 24.8. The van der Waals surface area contributed by atoms with E-state index in [1.54, 1.807) is 4.90 Å². The van der Waals surface area contributed by atoms with Gasteiger partial charge in [0, 0.05) is 19.0 Å². The Morgan fingerprint density at radius 1 is 1.12 bits per heavy atom. The predicted molar refractivity (Wildman–Crippen MR) is 131 cm³/mol. The van der Waals surface area contributed by atoms with Gasteiger partial charge in [0.25, 0.3) is 0 Å². The SMILES string of the molecule is CC1CCC(NC(=O)[C@H]2CCCN2C(=O)CCCC[C@@](C#N)(c2ccccc2)C(C)C)CC1. The van der Waals surface area contributed by atoms with Crippen LogP contribution in [0.3, 0.4) is 0 Å². The van der Waals surface area contributed by atoms with Gasteiger partial charge < -0.3 is 10.2 Å². The van der Waals surface area contributed by atoms with Crippen LogP contribution < -0.4 is 5.32 Å². The molecule has 1 saturated heterocycles. The number of amides is 2. The van der Waals surface area contributed by atoms with Crippen molar-refractivity contribution in [1.29, 1.82) is 5.26 Å². The fourth-order valence-corrected chi connectivity index (χ4v) is 5.61. The van der Waals surface area contributed by atoms with Gasteiger partial charge in [0.2, 0.25) is 11.8 Å². The lowest BCUT2D eigenvalue weighted by molar-refractivity contribution is -0.139. The summed E-state index contributed by atoms with van der Waals surface area (Å²) < 4.78 is 0. The Labute approximate surface area is 199 Å². The highest BCUT2D eigenvalue weighted by Crippen LogP contribution is 2.37. The summed E-state index contributed by atoms with van der Waals surface area (Å²) in [7, 11) is 0. The number of nitrogens with zero attached hydrogens (tertiary/aromatic N) is 2. The first-order valence-corrected chi connectivity index (χ1v) is 12.9. The fraction of sp³-hybridized carbons (Fsp3) is 0.679. The van der Waals surface area contributed by atoms with Crippen molar-refractivity contribution in [2.24, 2.45) is 11.8 Å². The van der Waals surface area contributed by atoms with Gasteiger partial charge in [0.15, 0.2) is 0 Å². The molecule has 1 aliphatic heterocycles. The molecule has 1 aromatic carbocycles. The van der Waals surface area contributed by atoms with Gasteiger partial charge in [-0.15, -0.1) is 0 Å². The Balaban J connectivity index is 1.50. The van der Waals surface area contributed by atoms with Gasteiger partial charge in [-0.05, 0) is 68.8 Å². The zero-order chi connectivity index (χ0) is 23.8. The number of carbonyl (C=O) groups is 2. The number of unbranched alkanes of at least 4 members (excludes halogenated alkanes) is 1. The maximum Gasteiger partial charge on any atom is 0.243 e. The summed E-state index contributed by atoms with van der Waals surface area (Å²) in [5.41, 5.74) is 0.528. The first kappa shape index (κ1) is 25.3. The minimum absolute atomic E-state index is 0.0350. The van der Waals surface area contributed by atoms with Crippen LogP contribution in [0.15, 0.2) is 30.3 Å². The van der Waals surface area contributed by atoms with Crippen molar-refractivity contribution in [1.82, 2.24) is 10.2 Å². The second kappa shape index (κ2) is 11.7. The molecule has 1 aromatic rings. The maximum atomic E-state index is 13.0. The van der Waals surface area contributed by atoms with Crippen LogP contribution in [0.2, 0.25) is 0 Å². The van der Waals surface area contributed by atoms with Crippen molar-refractivity contribution in [2.45, 2.75) is 102 Å². The monoisotopic (exact) mass is 451 g/mol. The number of likely N-dealkylation sites (tertiary alicyclic amines) is 1. The standard InChI is InChI=1S/C28H41N3O2/c1-21(2)28(20-29,23-10-5-4-6-11-23)18-8-7-13-26(32)31-19-9-12-25(31)27(33)30-24-16-14-22(3)15-17-24/h4-6,10-11,21-22,24-25H,7-9,12-19H2,1-3H3,(H,30,33)/t22?,24?,25-,28+/m1/s1. The number of hydrogen-bond donors (Lipinski definition) is 1. The van der Waals surface area contributed by atoms with E-state index >= 15 is 0 Å². The quantitative estimate of drug-likeness (QED) is 0.514. The topological polar surface area (TPSA) is 73.2 Å². The molecule has 0 aromatic heterocycles. The van der Waals surface area contributed by atoms with Crippen molar-refractivity contribution >= 4 is 11.8 Å². The molecule has 2 fully saturated rings. The molecule has 1 N–H and O–H groups in total. The van der Waals surface area contributed by atoms with Gasteiger partial charge in [-0.1, -0.05) is 57.5 Å². The van der Waals surface area contributed by atoms with E-state index in [9.17, 15) is 14.9 Å². The predicted octanol–water partition coefficient (Wildman–Crippen LogP) is 5.35. The average molecular weight is 452 g/mol. The van der Waals surface area contributed by atoms with E-state index in [1.807, 2.05) is 30.3 Å². The number of rotatable bonds is 9. The van der Waals surface area contributed by atoms with Gasteiger partial charge >= 0.3 is 0 Å². The minimum Gasteiger partial charge on any atom is -0.352 e. The summed E-state index contributed by atoms with van der Waals surface area (Å²) in [4.78, 5) is 27.7. The van der Waals surface area contributed by atoms with Gasteiger partial charge in [-0.2, -0.15) is 5.26 Å². The van der Waals surface area contributed by atoms with Gasteiger partial charge in [0.1, 0.15) is 6.04 Å². The van der Waals surface area contributed by atoms with Crippen LogP contribution in [0.5, 0.6) is 0 Å². The lowest BCUT2D eigenvalue weighted by Crippen LogP contribution is -2.49. The van der Waals surface area contributed by atoms with Crippen molar-refractivity contribution < 1.29 is 9.59 Å². The summed E-state index contributed by atoms with van der Waals surface area (Å²) in [6.07, 6.45) is 8.83. The largest absolute Gasteiger partial charge is 0.352 e. The van der Waals surface area contributed by atoms with Crippen molar-refractivity contribution in [3.05, 3.63) is 35.9 Å². The smallest absolute Gasteiger partial charge is 0.243 e. The Morgan fingerprint density at radius 3 is 2.45 bits per heavy atom. The number of hydrogen-bond acceptors (Lipinski definition) is 3. The number of nitrogens with one attached hydrogen (secondary N) is 1. The Kier molecular flexibility index (Phi) is 8.95. The molecule has 33 heavy (non-hydrogen) atoms. The van der Waals surface area contributed by atoms with Crippen LogP contribution in [-0.4, -0.2) is 35.3 Å². The van der Waals surface area contributed by atoms with Crippen molar-refractivity contribution in [2.75, 3.05) is 6.54 Å². The Hall–Kier alpha value is -2.35. The fourth-order valence-electron chi connectivity index (χ4n) is 5.61. The summed E-state index contributed by atoms with van der Waals surface area (Å²) in [5.74, 6) is 1.06. The second-order valence-electron chi connectivity index (χ2n) is 10.5. The first-order chi connectivity index (χ1) is 15.9. The third-order valence-electron chi connectivity index (χ3n) is 7.92. The van der Waals surface area contributed by atoms with Crippen molar-refractivity contribution in [3.8, 4) is 6.07 Å². The van der Waals surface area contributed by atoms with Crippen LogP contribution in [-0.2, 0) is 15.0 Å². The van der Waals surface area contributed by atoms with Crippen LogP contribution >= 0.6 is 0 Å². The second-order valence-corrected chi connectivity index (χ2v) is 10.5. The highest BCUT2D eigenvalue weighted by molar-refractivity contribution is 5.88. The first-order valence-electron chi connectivity index (χ1n) is 12.9. The zero-order valence-corrected chi connectivity index (χ0v) is 20.7. The summed E-state index contributed by atoms with van der Waals surface area (Å²) in [5, 5.41) is 13.3. The van der Waals surface area contributed by atoms with Gasteiger partial charge in [-0.3, -0.25) is 9.59 Å². The van der Waals surface area contributed by atoms with Gasteiger partial charge in [-0.25, -0.2) is 0 Å². The maximum absolute atomic E-state index is 13.0. The van der Waals surface area contributed by atoms with Crippen LogP contribution in [0.1, 0.15) is 90.5 Å². The molecule has 0 spiro atoms. The van der Waals surface area contributed by atoms with E-state index in [0.29, 0.717) is 13.0 Å². The molecule has 5 nitrogen and oxygen atoms in total. The van der Waals surface area contributed by atoms with Crippen molar-refractivity contribution in [3.63, 3.8) is 0 Å². The lowest BCUT2D eigenvalue weighted by atomic mass is 9.69. The molecule has 2 aliphatic rings. The molecule has 0 radical (unpaired) electrons. The third-order valence-corrected chi connectivity index (χ3v) is 7.92. The van der Waals surface area contributed by atoms with Gasteiger partial charge in [0.05, 0.1) is 11.5 Å². The molecule has 0 bridgehead atoms. The molecule has 1 heterocycles. The van der Waals surface area contributed by atoms with E-state index in [1.165, 1.54) is 12.8 Å². The van der Waals surface area contributed by atoms with E-state index < -0.39 is 5.41 Å². The third kappa shape index (κ3) is 6.16. The minimum atomic E-state index is -0.530. The molecule has 1 saturated carbocycles. The molecule has 2 atom stereocenters. The highest BCUT2D eigenvalue weighted by atomic mass is 16.2. The number of carbonyl (C=O) groups excluding carboxylic acids is 2. The molecular formula is C28H41N3O2. The van der Waals surface area contributed by atoms with E-state index in [2.05, 4.69) is 32.2 Å². The number of nitriles is 1. The van der Waals surface area contributed by atoms with E-state index in [4.69, 9.17) is 0 Å². The molecule has 3 rings (SSSR count). The molecular weight excluding hydrogens is 410 g/mol. The average Bonchev–Trinajstić information content (AvgIpc) is 3.31. The molecule has 2 amide bonds. The highest BCUT2D eigenvalue weighted by Gasteiger charge is 2.37. The van der Waals surface area contributed by atoms with Crippen LogP contribution in [0, 0.1) is 23.2 Å². The zero-order valence-electron chi connectivity index (χ0n) is 20.7. The van der Waals surface area contributed by atoms with Crippen LogP contribution in [0.25, 0.3) is 0 Å². The lowest BCUT2D eigenvalue weighted by Gasteiger charge is -2.32. The van der Waals surface area contributed by atoms with E-state index in [-0.39, 0.29) is 29.8 Å². The summed E-state index contributed by atoms with van der Waals surface area (Å²) in [6.45, 7) is 7.15.